The first-order valence-corrected chi connectivity index (χ1v) is 6.91. The van der Waals surface area contributed by atoms with E-state index in [4.69, 9.17) is 4.74 Å². The van der Waals surface area contributed by atoms with Gasteiger partial charge in [-0.25, -0.2) is 14.8 Å². The highest BCUT2D eigenvalue weighted by Crippen LogP contribution is 2.30. The number of carbonyl (C=O) groups excluding carboxylic acids is 2. The van der Waals surface area contributed by atoms with Crippen molar-refractivity contribution in [3.63, 3.8) is 0 Å². The van der Waals surface area contributed by atoms with Crippen LogP contribution in [0.15, 0.2) is 6.07 Å². The van der Waals surface area contributed by atoms with Crippen LogP contribution in [0.4, 0.5) is 5.82 Å². The van der Waals surface area contributed by atoms with E-state index >= 15 is 0 Å². The van der Waals surface area contributed by atoms with Crippen LogP contribution >= 0.6 is 0 Å². The lowest BCUT2D eigenvalue weighted by atomic mass is 10.3. The Balaban J connectivity index is 2.25. The Morgan fingerprint density at radius 2 is 2.10 bits per heavy atom. The fraction of sp³-hybridized carbons (Fsp3) is 0.571. The van der Waals surface area contributed by atoms with Gasteiger partial charge in [0.15, 0.2) is 0 Å². The van der Waals surface area contributed by atoms with Crippen molar-refractivity contribution in [1.29, 1.82) is 0 Å². The molecule has 2 rings (SSSR count). The highest BCUT2D eigenvalue weighted by Gasteiger charge is 2.32. The van der Waals surface area contributed by atoms with Crippen LogP contribution in [0.3, 0.4) is 0 Å². The minimum atomic E-state index is -0.591. The zero-order chi connectivity index (χ0) is 15.4. The maximum Gasteiger partial charge on any atom is 0.376 e. The quantitative estimate of drug-likeness (QED) is 0.726. The normalized spacial score (nSPS) is 13.7. The van der Waals surface area contributed by atoms with Crippen molar-refractivity contribution in [2.75, 3.05) is 25.2 Å². The van der Waals surface area contributed by atoms with Crippen LogP contribution in [0.25, 0.3) is 0 Å². The molecule has 1 aliphatic rings. The molecule has 0 atom stereocenters. The number of hydrogen-bond acceptors (Lipinski definition) is 7. The zero-order valence-electron chi connectivity index (χ0n) is 12.5. The lowest BCUT2D eigenvalue weighted by Gasteiger charge is -2.22. The Bertz CT molecular complexity index is 543. The molecular weight excluding hydrogens is 274 g/mol. The van der Waals surface area contributed by atoms with E-state index in [0.717, 1.165) is 12.8 Å². The molecule has 0 aromatic carbocycles. The topological polar surface area (TPSA) is 81.6 Å². The molecule has 0 amide bonds. The van der Waals surface area contributed by atoms with Crippen molar-refractivity contribution in [2.24, 2.45) is 0 Å². The Morgan fingerprint density at radius 1 is 1.38 bits per heavy atom. The van der Waals surface area contributed by atoms with Crippen molar-refractivity contribution >= 4 is 17.8 Å². The number of esters is 2. The maximum absolute atomic E-state index is 11.7. The summed E-state index contributed by atoms with van der Waals surface area (Å²) in [5.74, 6) is -0.340. The highest BCUT2D eigenvalue weighted by atomic mass is 16.5. The maximum atomic E-state index is 11.7. The molecule has 0 aliphatic heterocycles. The lowest BCUT2D eigenvalue weighted by molar-refractivity contribution is -0.141. The number of methoxy groups -OCH3 is 1. The molecule has 1 saturated carbocycles. The van der Waals surface area contributed by atoms with E-state index < -0.39 is 5.97 Å². The Hall–Kier alpha value is -2.18. The third-order valence-electron chi connectivity index (χ3n) is 3.10. The molecule has 0 saturated heterocycles. The fourth-order valence-corrected chi connectivity index (χ4v) is 2.01. The molecular formula is C14H19N3O4. The van der Waals surface area contributed by atoms with E-state index in [-0.39, 0.29) is 24.4 Å². The minimum Gasteiger partial charge on any atom is -0.465 e. The molecule has 7 heteroatoms. The van der Waals surface area contributed by atoms with Crippen LogP contribution in [0.5, 0.6) is 0 Å². The van der Waals surface area contributed by atoms with Crippen molar-refractivity contribution in [1.82, 2.24) is 9.97 Å². The smallest absolute Gasteiger partial charge is 0.376 e. The summed E-state index contributed by atoms with van der Waals surface area (Å²) in [5, 5.41) is 0. The van der Waals surface area contributed by atoms with Crippen molar-refractivity contribution < 1.29 is 19.1 Å². The van der Waals surface area contributed by atoms with Crippen LogP contribution in [0.2, 0.25) is 0 Å². The van der Waals surface area contributed by atoms with Crippen molar-refractivity contribution in [2.45, 2.75) is 32.7 Å². The highest BCUT2D eigenvalue weighted by molar-refractivity contribution is 5.85. The number of ether oxygens (including phenoxy) is 2. The van der Waals surface area contributed by atoms with E-state index in [2.05, 4.69) is 14.7 Å². The van der Waals surface area contributed by atoms with E-state index in [1.54, 1.807) is 19.9 Å². The summed E-state index contributed by atoms with van der Waals surface area (Å²) < 4.78 is 9.63. The third kappa shape index (κ3) is 3.90. The standard InChI is InChI=1S/C14H19N3O4/c1-4-21-12(18)8-17(10-5-6-10)11-7-9(2)15-13(16-11)14(19)20-3/h7,10H,4-6,8H2,1-3H3. The Labute approximate surface area is 123 Å². The summed E-state index contributed by atoms with van der Waals surface area (Å²) in [7, 11) is 1.28. The minimum absolute atomic E-state index is 0.00186. The lowest BCUT2D eigenvalue weighted by Crippen LogP contribution is -2.34. The summed E-state index contributed by atoms with van der Waals surface area (Å²) in [6.07, 6.45) is 1.99. The van der Waals surface area contributed by atoms with Gasteiger partial charge in [-0.15, -0.1) is 0 Å². The molecule has 1 heterocycles. The van der Waals surface area contributed by atoms with Gasteiger partial charge in [-0.1, -0.05) is 0 Å². The van der Waals surface area contributed by atoms with Crippen LogP contribution in [-0.4, -0.2) is 48.2 Å². The summed E-state index contributed by atoms with van der Waals surface area (Å²) in [6, 6.07) is 2.01. The first-order valence-electron chi connectivity index (χ1n) is 6.91. The van der Waals surface area contributed by atoms with Gasteiger partial charge in [0.25, 0.3) is 0 Å². The van der Waals surface area contributed by atoms with Gasteiger partial charge < -0.3 is 14.4 Å². The van der Waals surface area contributed by atoms with E-state index in [9.17, 15) is 9.59 Å². The van der Waals surface area contributed by atoms with Gasteiger partial charge in [-0.3, -0.25) is 4.79 Å². The summed E-state index contributed by atoms with van der Waals surface area (Å²) in [5.41, 5.74) is 0.648. The van der Waals surface area contributed by atoms with Gasteiger partial charge in [0.2, 0.25) is 5.82 Å². The van der Waals surface area contributed by atoms with Gasteiger partial charge in [-0.2, -0.15) is 0 Å². The first kappa shape index (κ1) is 15.2. The van der Waals surface area contributed by atoms with Gasteiger partial charge >= 0.3 is 11.9 Å². The van der Waals surface area contributed by atoms with Crippen LogP contribution in [-0.2, 0) is 14.3 Å². The average Bonchev–Trinajstić information content (AvgIpc) is 3.28. The molecule has 0 N–H and O–H groups in total. The number of aromatic nitrogens is 2. The summed E-state index contributed by atoms with van der Waals surface area (Å²) in [6.45, 7) is 4.00. The largest absolute Gasteiger partial charge is 0.465 e. The van der Waals surface area contributed by atoms with E-state index in [1.165, 1.54) is 7.11 Å². The molecule has 0 radical (unpaired) electrons. The number of nitrogens with zero attached hydrogens (tertiary/aromatic N) is 3. The molecule has 1 aliphatic carbocycles. The number of carbonyl (C=O) groups is 2. The fourth-order valence-electron chi connectivity index (χ4n) is 2.01. The molecule has 21 heavy (non-hydrogen) atoms. The number of aryl methyl sites for hydroxylation is 1. The molecule has 0 bridgehead atoms. The molecule has 1 aromatic rings. The summed E-state index contributed by atoms with van der Waals surface area (Å²) >= 11 is 0. The number of rotatable bonds is 6. The van der Waals surface area contributed by atoms with Crippen LogP contribution in [0.1, 0.15) is 36.1 Å². The molecule has 1 aromatic heterocycles. The Morgan fingerprint density at radius 3 is 2.67 bits per heavy atom. The van der Waals surface area contributed by atoms with Crippen LogP contribution < -0.4 is 4.90 Å². The molecule has 0 spiro atoms. The van der Waals surface area contributed by atoms with Gasteiger partial charge in [0.05, 0.1) is 13.7 Å². The predicted molar refractivity (Wildman–Crippen MR) is 75.1 cm³/mol. The third-order valence-corrected chi connectivity index (χ3v) is 3.10. The molecule has 1 fully saturated rings. The second kappa shape index (κ2) is 6.51. The van der Waals surface area contributed by atoms with Gasteiger partial charge in [0.1, 0.15) is 12.4 Å². The predicted octanol–water partition coefficient (Wildman–Crippen LogP) is 1.10. The number of hydrogen-bond donors (Lipinski definition) is 0. The van der Waals surface area contributed by atoms with Crippen molar-refractivity contribution in [3.05, 3.63) is 17.6 Å². The van der Waals surface area contributed by atoms with Crippen molar-refractivity contribution in [3.8, 4) is 0 Å². The molecule has 0 unspecified atom stereocenters. The van der Waals surface area contributed by atoms with Gasteiger partial charge in [-0.05, 0) is 26.7 Å². The SMILES string of the molecule is CCOC(=O)CN(c1cc(C)nc(C(=O)OC)n1)C1CC1. The molecule has 7 nitrogen and oxygen atoms in total. The van der Waals surface area contributed by atoms with E-state index in [1.807, 2.05) is 4.90 Å². The second-order valence-electron chi connectivity index (χ2n) is 4.85. The monoisotopic (exact) mass is 293 g/mol. The van der Waals surface area contributed by atoms with Gasteiger partial charge in [0, 0.05) is 17.8 Å². The summed E-state index contributed by atoms with van der Waals surface area (Å²) in [4.78, 5) is 33.4. The van der Waals surface area contributed by atoms with Crippen LogP contribution in [0, 0.1) is 6.92 Å². The average molecular weight is 293 g/mol. The Kier molecular flexibility index (Phi) is 4.72. The zero-order valence-corrected chi connectivity index (χ0v) is 12.5. The molecule has 114 valence electrons. The first-order chi connectivity index (χ1) is 10.0. The van der Waals surface area contributed by atoms with E-state index in [0.29, 0.717) is 18.1 Å². The second-order valence-corrected chi connectivity index (χ2v) is 4.85. The number of anilines is 1.